The van der Waals surface area contributed by atoms with Crippen molar-refractivity contribution in [2.75, 3.05) is 5.75 Å². The van der Waals surface area contributed by atoms with Crippen LogP contribution in [0.2, 0.25) is 5.02 Å². The maximum Gasteiger partial charge on any atom is 0.178 e. The molecular weight excluding hydrogens is 328 g/mol. The van der Waals surface area contributed by atoms with E-state index < -0.39 is 9.84 Å². The van der Waals surface area contributed by atoms with Crippen molar-refractivity contribution in [3.05, 3.63) is 44.9 Å². The Morgan fingerprint density at radius 3 is 2.67 bits per heavy atom. The molecule has 0 aliphatic carbocycles. The largest absolute Gasteiger partial charge is 0.306 e. The van der Waals surface area contributed by atoms with Gasteiger partial charge in [0.2, 0.25) is 0 Å². The predicted octanol–water partition coefficient (Wildman–Crippen LogP) is 3.19. The molecule has 0 aliphatic rings. The lowest BCUT2D eigenvalue weighted by atomic mass is 10.2. The van der Waals surface area contributed by atoms with Crippen LogP contribution in [0.25, 0.3) is 0 Å². The van der Waals surface area contributed by atoms with Crippen molar-refractivity contribution in [2.45, 2.75) is 31.8 Å². The van der Waals surface area contributed by atoms with E-state index in [9.17, 15) is 8.42 Å². The number of nitrogens with zero attached hydrogens (tertiary/aromatic N) is 1. The monoisotopic (exact) mass is 344 g/mol. The Balaban J connectivity index is 2.06. The molecule has 21 heavy (non-hydrogen) atoms. The van der Waals surface area contributed by atoms with Crippen LogP contribution >= 0.6 is 22.9 Å². The number of aryl methyl sites for hydroxylation is 1. The van der Waals surface area contributed by atoms with Gasteiger partial charge in [0.15, 0.2) is 9.84 Å². The number of sulfone groups is 1. The quantitative estimate of drug-likeness (QED) is 0.874. The standard InChI is InChI=1S/C14H17ClN2O2S2/c1-3-21(18,19)13-5-11(4-12(15)6-13)7-16-8-14-17-10(2)9-20-14/h4-6,9,16H,3,7-8H2,1-2H3. The minimum absolute atomic E-state index is 0.0681. The van der Waals surface area contributed by atoms with E-state index in [1.165, 1.54) is 6.07 Å². The Bertz CT molecular complexity index is 726. The average Bonchev–Trinajstić information content (AvgIpc) is 2.84. The first kappa shape index (κ1) is 16.4. The molecule has 4 nitrogen and oxygen atoms in total. The molecule has 0 bridgehead atoms. The Labute approximate surface area is 134 Å². The van der Waals surface area contributed by atoms with Crippen molar-refractivity contribution in [1.82, 2.24) is 10.3 Å². The molecule has 1 heterocycles. The molecule has 2 aromatic rings. The van der Waals surface area contributed by atoms with Crippen molar-refractivity contribution in [3.63, 3.8) is 0 Å². The first-order chi connectivity index (χ1) is 9.90. The Morgan fingerprint density at radius 2 is 2.05 bits per heavy atom. The summed E-state index contributed by atoms with van der Waals surface area (Å²) in [4.78, 5) is 4.64. The summed E-state index contributed by atoms with van der Waals surface area (Å²) in [6.45, 7) is 4.78. The van der Waals surface area contributed by atoms with Gasteiger partial charge in [-0.2, -0.15) is 0 Å². The highest BCUT2D eigenvalue weighted by molar-refractivity contribution is 7.91. The second-order valence-corrected chi connectivity index (χ2v) is 8.34. The summed E-state index contributed by atoms with van der Waals surface area (Å²) in [5, 5.41) is 6.70. The molecule has 1 N–H and O–H groups in total. The summed E-state index contributed by atoms with van der Waals surface area (Å²) >= 11 is 7.61. The van der Waals surface area contributed by atoms with E-state index in [1.54, 1.807) is 30.4 Å². The fourth-order valence-corrected chi connectivity index (χ4v) is 3.90. The highest BCUT2D eigenvalue weighted by Crippen LogP contribution is 2.20. The first-order valence-corrected chi connectivity index (χ1v) is 9.45. The van der Waals surface area contributed by atoms with E-state index in [0.717, 1.165) is 16.3 Å². The van der Waals surface area contributed by atoms with Gasteiger partial charge in [0.05, 0.1) is 10.6 Å². The molecule has 2 rings (SSSR count). The van der Waals surface area contributed by atoms with Gasteiger partial charge in [-0.1, -0.05) is 18.5 Å². The second kappa shape index (κ2) is 6.87. The van der Waals surface area contributed by atoms with E-state index in [-0.39, 0.29) is 10.6 Å². The number of halogens is 1. The maximum absolute atomic E-state index is 11.9. The molecule has 0 amide bonds. The maximum atomic E-state index is 11.9. The van der Waals surface area contributed by atoms with Crippen LogP contribution in [0.5, 0.6) is 0 Å². The van der Waals surface area contributed by atoms with Gasteiger partial charge in [0.25, 0.3) is 0 Å². The lowest BCUT2D eigenvalue weighted by molar-refractivity contribution is 0.597. The van der Waals surface area contributed by atoms with Crippen LogP contribution in [0.3, 0.4) is 0 Å². The molecule has 0 atom stereocenters. The highest BCUT2D eigenvalue weighted by atomic mass is 35.5. The molecule has 0 saturated heterocycles. The molecule has 0 spiro atoms. The summed E-state index contributed by atoms with van der Waals surface area (Å²) in [6.07, 6.45) is 0. The molecule has 114 valence electrons. The second-order valence-electron chi connectivity index (χ2n) is 4.68. The Morgan fingerprint density at radius 1 is 1.29 bits per heavy atom. The average molecular weight is 345 g/mol. The number of hydrogen-bond donors (Lipinski definition) is 1. The smallest absolute Gasteiger partial charge is 0.178 e. The highest BCUT2D eigenvalue weighted by Gasteiger charge is 2.13. The molecule has 0 radical (unpaired) electrons. The fourth-order valence-electron chi connectivity index (χ4n) is 1.87. The normalized spacial score (nSPS) is 11.8. The number of benzene rings is 1. The summed E-state index contributed by atoms with van der Waals surface area (Å²) in [7, 11) is -3.24. The van der Waals surface area contributed by atoms with Crippen molar-refractivity contribution < 1.29 is 8.42 Å². The van der Waals surface area contributed by atoms with Gasteiger partial charge in [-0.05, 0) is 30.7 Å². The lowest BCUT2D eigenvalue weighted by Crippen LogP contribution is -2.13. The number of rotatable bonds is 6. The van der Waals surface area contributed by atoms with Crippen molar-refractivity contribution in [1.29, 1.82) is 0 Å². The van der Waals surface area contributed by atoms with E-state index in [4.69, 9.17) is 11.6 Å². The van der Waals surface area contributed by atoms with E-state index in [0.29, 0.717) is 18.1 Å². The zero-order valence-corrected chi connectivity index (χ0v) is 14.3. The van der Waals surface area contributed by atoms with Crippen molar-refractivity contribution >= 4 is 32.8 Å². The summed E-state index contributed by atoms with van der Waals surface area (Å²) < 4.78 is 23.8. The first-order valence-electron chi connectivity index (χ1n) is 6.54. The number of nitrogens with one attached hydrogen (secondary N) is 1. The van der Waals surface area contributed by atoms with E-state index >= 15 is 0 Å². The summed E-state index contributed by atoms with van der Waals surface area (Å²) in [6, 6.07) is 4.94. The van der Waals surface area contributed by atoms with Crippen LogP contribution in [0.1, 0.15) is 23.2 Å². The minimum atomic E-state index is -3.24. The molecule has 1 aromatic heterocycles. The molecule has 7 heteroatoms. The van der Waals surface area contributed by atoms with Crippen LogP contribution in [0.4, 0.5) is 0 Å². The van der Waals surface area contributed by atoms with Crippen LogP contribution in [-0.4, -0.2) is 19.2 Å². The molecule has 0 fully saturated rings. The molecule has 1 aromatic carbocycles. The van der Waals surface area contributed by atoms with Gasteiger partial charge >= 0.3 is 0 Å². The SMILES string of the molecule is CCS(=O)(=O)c1cc(Cl)cc(CNCc2nc(C)cs2)c1. The summed E-state index contributed by atoms with van der Waals surface area (Å²) in [5.41, 5.74) is 1.86. The van der Waals surface area contributed by atoms with Gasteiger partial charge in [-0.15, -0.1) is 11.3 Å². The number of thiazole rings is 1. The zero-order valence-electron chi connectivity index (χ0n) is 11.9. The topological polar surface area (TPSA) is 59.1 Å². The predicted molar refractivity (Wildman–Crippen MR) is 86.6 cm³/mol. The molecule has 0 unspecified atom stereocenters. The third kappa shape index (κ3) is 4.51. The Hall–Kier alpha value is -0.950. The van der Waals surface area contributed by atoms with Gasteiger partial charge in [0, 0.05) is 29.2 Å². The van der Waals surface area contributed by atoms with Crippen molar-refractivity contribution in [3.8, 4) is 0 Å². The molecular formula is C14H17ClN2O2S2. The molecule has 0 saturated carbocycles. The van der Waals surface area contributed by atoms with Gasteiger partial charge < -0.3 is 5.32 Å². The van der Waals surface area contributed by atoms with Crippen LogP contribution in [-0.2, 0) is 22.9 Å². The van der Waals surface area contributed by atoms with Crippen LogP contribution < -0.4 is 5.32 Å². The van der Waals surface area contributed by atoms with Crippen molar-refractivity contribution in [2.24, 2.45) is 0 Å². The number of hydrogen-bond acceptors (Lipinski definition) is 5. The molecule has 0 aliphatic heterocycles. The third-order valence-electron chi connectivity index (χ3n) is 2.94. The summed E-state index contributed by atoms with van der Waals surface area (Å²) in [5.74, 6) is 0.0681. The van der Waals surface area contributed by atoms with Gasteiger partial charge in [-0.3, -0.25) is 0 Å². The van der Waals surface area contributed by atoms with E-state index in [1.807, 2.05) is 12.3 Å². The lowest BCUT2D eigenvalue weighted by Gasteiger charge is -2.07. The van der Waals surface area contributed by atoms with E-state index in [2.05, 4.69) is 10.3 Å². The minimum Gasteiger partial charge on any atom is -0.306 e. The van der Waals surface area contributed by atoms with Gasteiger partial charge in [-0.25, -0.2) is 13.4 Å². The number of aromatic nitrogens is 1. The fraction of sp³-hybridized carbons (Fsp3) is 0.357. The van der Waals surface area contributed by atoms with Crippen LogP contribution in [0.15, 0.2) is 28.5 Å². The third-order valence-corrected chi connectivity index (χ3v) is 5.84. The van der Waals surface area contributed by atoms with Crippen LogP contribution in [0, 0.1) is 6.92 Å². The van der Waals surface area contributed by atoms with Gasteiger partial charge in [0.1, 0.15) is 5.01 Å². The Kier molecular flexibility index (Phi) is 5.37. The zero-order chi connectivity index (χ0) is 15.5.